The molecule has 0 bridgehead atoms. The smallest absolute Gasteiger partial charge is 0.119 e. The van der Waals surface area contributed by atoms with Crippen molar-refractivity contribution in [2.24, 2.45) is 5.41 Å². The molecule has 0 spiro atoms. The van der Waals surface area contributed by atoms with Crippen LogP contribution >= 0.6 is 0 Å². The van der Waals surface area contributed by atoms with Gasteiger partial charge in [-0.15, -0.1) is 0 Å². The van der Waals surface area contributed by atoms with Gasteiger partial charge < -0.3 is 10.1 Å². The summed E-state index contributed by atoms with van der Waals surface area (Å²) in [7, 11) is 3.58. The number of nitrogens with one attached hydrogen (secondary N) is 1. The van der Waals surface area contributed by atoms with Gasteiger partial charge in [-0.1, -0.05) is 18.6 Å². The van der Waals surface area contributed by atoms with Crippen molar-refractivity contribution in [1.82, 2.24) is 5.32 Å². The minimum Gasteiger partial charge on any atom is -0.497 e. The Bertz CT molecular complexity index is 432. The van der Waals surface area contributed by atoms with Crippen LogP contribution in [0.4, 0.5) is 0 Å². The van der Waals surface area contributed by atoms with Gasteiger partial charge in [0.1, 0.15) is 5.75 Å². The zero-order chi connectivity index (χ0) is 12.3. The highest BCUT2D eigenvalue weighted by atomic mass is 16.5. The van der Waals surface area contributed by atoms with E-state index in [2.05, 4.69) is 17.5 Å². The van der Waals surface area contributed by atoms with Gasteiger partial charge in [0.05, 0.1) is 24.6 Å². The molecule has 3 heteroatoms. The summed E-state index contributed by atoms with van der Waals surface area (Å²) in [5, 5.41) is 12.7. The van der Waals surface area contributed by atoms with Gasteiger partial charge in [0.25, 0.3) is 0 Å². The lowest BCUT2D eigenvalue weighted by molar-refractivity contribution is 0.149. The third kappa shape index (κ3) is 2.01. The Hall–Kier alpha value is -1.53. The van der Waals surface area contributed by atoms with Crippen LogP contribution in [-0.4, -0.2) is 14.2 Å². The molecule has 1 aromatic rings. The Morgan fingerprint density at radius 1 is 1.47 bits per heavy atom. The molecule has 0 aliphatic heterocycles. The van der Waals surface area contributed by atoms with Crippen molar-refractivity contribution >= 4 is 0 Å². The van der Waals surface area contributed by atoms with E-state index in [1.165, 1.54) is 0 Å². The fourth-order valence-corrected chi connectivity index (χ4v) is 2.61. The lowest BCUT2D eigenvalue weighted by atomic mass is 9.63. The van der Waals surface area contributed by atoms with E-state index >= 15 is 0 Å². The molecule has 1 aromatic carbocycles. The van der Waals surface area contributed by atoms with Crippen LogP contribution in [0.15, 0.2) is 24.3 Å². The first-order valence-corrected chi connectivity index (χ1v) is 5.98. The van der Waals surface area contributed by atoms with Crippen LogP contribution in [0, 0.1) is 16.7 Å². The summed E-state index contributed by atoms with van der Waals surface area (Å²) in [5.41, 5.74) is 0.897. The molecular formula is C14H18N2O. The lowest BCUT2D eigenvalue weighted by Gasteiger charge is -2.42. The molecule has 1 saturated carbocycles. The highest BCUT2D eigenvalue weighted by molar-refractivity contribution is 5.33. The van der Waals surface area contributed by atoms with E-state index in [0.29, 0.717) is 0 Å². The summed E-state index contributed by atoms with van der Waals surface area (Å²) >= 11 is 0. The number of ether oxygens (including phenoxy) is 1. The normalized spacial score (nSPS) is 18.9. The van der Waals surface area contributed by atoms with E-state index in [4.69, 9.17) is 4.74 Å². The summed E-state index contributed by atoms with van der Waals surface area (Å²) < 4.78 is 5.24. The average molecular weight is 230 g/mol. The van der Waals surface area contributed by atoms with Gasteiger partial charge in [0.2, 0.25) is 0 Å². The predicted octanol–water partition coefficient (Wildman–Crippen LogP) is 2.65. The molecule has 0 aromatic heterocycles. The van der Waals surface area contributed by atoms with Gasteiger partial charge in [-0.05, 0) is 37.6 Å². The maximum atomic E-state index is 9.40. The zero-order valence-corrected chi connectivity index (χ0v) is 10.4. The molecule has 3 nitrogen and oxygen atoms in total. The summed E-state index contributed by atoms with van der Waals surface area (Å²) in [6, 6.07) is 10.6. The fourth-order valence-electron chi connectivity index (χ4n) is 2.61. The largest absolute Gasteiger partial charge is 0.497 e. The zero-order valence-electron chi connectivity index (χ0n) is 10.4. The topological polar surface area (TPSA) is 45.0 Å². The highest BCUT2D eigenvalue weighted by Crippen LogP contribution is 2.49. The molecule has 0 heterocycles. The Morgan fingerprint density at radius 2 is 2.24 bits per heavy atom. The van der Waals surface area contributed by atoms with Gasteiger partial charge in [0, 0.05) is 0 Å². The van der Waals surface area contributed by atoms with Gasteiger partial charge in [-0.25, -0.2) is 0 Å². The first kappa shape index (κ1) is 11.9. The second-order valence-corrected chi connectivity index (χ2v) is 4.62. The van der Waals surface area contributed by atoms with Crippen LogP contribution in [0.3, 0.4) is 0 Å². The minimum absolute atomic E-state index is 0.0938. The maximum Gasteiger partial charge on any atom is 0.119 e. The maximum absolute atomic E-state index is 9.40. The average Bonchev–Trinajstić information content (AvgIpc) is 2.33. The Labute approximate surface area is 102 Å². The molecule has 0 amide bonds. The Morgan fingerprint density at radius 3 is 2.71 bits per heavy atom. The molecule has 1 atom stereocenters. The third-order valence-electron chi connectivity index (χ3n) is 3.74. The third-order valence-corrected chi connectivity index (χ3v) is 3.74. The van der Waals surface area contributed by atoms with E-state index in [1.807, 2.05) is 25.2 Å². The second kappa shape index (κ2) is 4.77. The molecule has 17 heavy (non-hydrogen) atoms. The summed E-state index contributed by atoms with van der Waals surface area (Å²) in [6.45, 7) is 0. The lowest BCUT2D eigenvalue weighted by Crippen LogP contribution is -2.40. The number of hydrogen-bond donors (Lipinski definition) is 1. The van der Waals surface area contributed by atoms with Crippen LogP contribution in [-0.2, 0) is 0 Å². The van der Waals surface area contributed by atoms with Crippen molar-refractivity contribution < 1.29 is 4.74 Å². The molecular weight excluding hydrogens is 212 g/mol. The van der Waals surface area contributed by atoms with Crippen molar-refractivity contribution in [3.63, 3.8) is 0 Å². The highest BCUT2D eigenvalue weighted by Gasteiger charge is 2.44. The van der Waals surface area contributed by atoms with Crippen molar-refractivity contribution in [3.8, 4) is 11.8 Å². The molecule has 0 saturated heterocycles. The number of methoxy groups -OCH3 is 1. The van der Waals surface area contributed by atoms with Crippen molar-refractivity contribution in [1.29, 1.82) is 5.26 Å². The van der Waals surface area contributed by atoms with E-state index in [-0.39, 0.29) is 11.5 Å². The molecule has 2 rings (SSSR count). The Kier molecular flexibility index (Phi) is 3.35. The minimum atomic E-state index is -0.235. The van der Waals surface area contributed by atoms with Crippen molar-refractivity contribution in [3.05, 3.63) is 29.8 Å². The number of nitrogens with zero attached hydrogens (tertiary/aromatic N) is 1. The predicted molar refractivity (Wildman–Crippen MR) is 66.7 cm³/mol. The standard InChI is InChI=1S/C14H18N2O/c1-16-13(14(10-15)7-4-8-14)11-5-3-6-12(9-11)17-2/h3,5-6,9,13,16H,4,7-8H2,1-2H3. The summed E-state index contributed by atoms with van der Waals surface area (Å²) in [6.07, 6.45) is 3.11. The summed E-state index contributed by atoms with van der Waals surface area (Å²) in [5.74, 6) is 0.843. The first-order valence-electron chi connectivity index (χ1n) is 5.98. The molecule has 1 unspecified atom stereocenters. The van der Waals surface area contributed by atoms with E-state index in [9.17, 15) is 5.26 Å². The molecule has 90 valence electrons. The fraction of sp³-hybridized carbons (Fsp3) is 0.500. The van der Waals surface area contributed by atoms with Gasteiger partial charge in [-0.2, -0.15) is 5.26 Å². The quantitative estimate of drug-likeness (QED) is 0.864. The van der Waals surface area contributed by atoms with Crippen LogP contribution in [0.2, 0.25) is 0 Å². The monoisotopic (exact) mass is 230 g/mol. The molecule has 1 aliphatic rings. The summed E-state index contributed by atoms with van der Waals surface area (Å²) in [4.78, 5) is 0. The number of hydrogen-bond acceptors (Lipinski definition) is 3. The molecule has 1 aliphatic carbocycles. The van der Waals surface area contributed by atoms with Crippen LogP contribution < -0.4 is 10.1 Å². The van der Waals surface area contributed by atoms with E-state index in [0.717, 1.165) is 30.6 Å². The first-order chi connectivity index (χ1) is 8.25. The van der Waals surface area contributed by atoms with Crippen LogP contribution in [0.5, 0.6) is 5.75 Å². The second-order valence-electron chi connectivity index (χ2n) is 4.62. The van der Waals surface area contributed by atoms with Gasteiger partial charge in [-0.3, -0.25) is 0 Å². The van der Waals surface area contributed by atoms with Crippen LogP contribution in [0.25, 0.3) is 0 Å². The molecule has 0 radical (unpaired) electrons. The molecule has 1 fully saturated rings. The SMILES string of the molecule is CNC(c1cccc(OC)c1)C1(C#N)CCC1. The number of nitriles is 1. The van der Waals surface area contributed by atoms with Gasteiger partial charge >= 0.3 is 0 Å². The van der Waals surface area contributed by atoms with Crippen molar-refractivity contribution in [2.45, 2.75) is 25.3 Å². The van der Waals surface area contributed by atoms with E-state index < -0.39 is 0 Å². The number of rotatable bonds is 4. The number of benzene rings is 1. The van der Waals surface area contributed by atoms with E-state index in [1.54, 1.807) is 7.11 Å². The van der Waals surface area contributed by atoms with Crippen LogP contribution in [0.1, 0.15) is 30.9 Å². The Balaban J connectivity index is 2.32. The van der Waals surface area contributed by atoms with Crippen molar-refractivity contribution in [2.75, 3.05) is 14.2 Å². The molecule has 1 N–H and O–H groups in total. The van der Waals surface area contributed by atoms with Gasteiger partial charge in [0.15, 0.2) is 0 Å².